The Morgan fingerprint density at radius 2 is 1.95 bits per heavy atom. The highest BCUT2D eigenvalue weighted by atomic mass is 32.2. The van der Waals surface area contributed by atoms with Crippen LogP contribution in [0.2, 0.25) is 0 Å². The number of nitriles is 1. The first-order valence-corrected chi connectivity index (χ1v) is 7.95. The Balaban J connectivity index is 2.91. The first-order chi connectivity index (χ1) is 9.30. The molecular formula is C14H21N3O2S. The summed E-state index contributed by atoms with van der Waals surface area (Å²) in [4.78, 5) is 0.0446. The Kier molecular flexibility index (Phi) is 5.69. The highest BCUT2D eigenvalue weighted by Crippen LogP contribution is 2.19. The van der Waals surface area contributed by atoms with E-state index < -0.39 is 10.0 Å². The lowest BCUT2D eigenvalue weighted by molar-refractivity contribution is 0.397. The second kappa shape index (κ2) is 6.84. The molecule has 1 unspecified atom stereocenters. The van der Waals surface area contributed by atoms with Gasteiger partial charge in [-0.25, -0.2) is 12.7 Å². The average molecular weight is 295 g/mol. The van der Waals surface area contributed by atoms with Crippen LogP contribution in [0.15, 0.2) is 29.2 Å². The van der Waals surface area contributed by atoms with Crippen molar-refractivity contribution < 1.29 is 8.42 Å². The van der Waals surface area contributed by atoms with E-state index in [0.717, 1.165) is 0 Å². The molecule has 0 aliphatic carbocycles. The molecule has 1 rings (SSSR count). The van der Waals surface area contributed by atoms with E-state index >= 15 is 0 Å². The van der Waals surface area contributed by atoms with Crippen LogP contribution in [-0.4, -0.2) is 32.4 Å². The van der Waals surface area contributed by atoms with Crippen LogP contribution >= 0.6 is 0 Å². The molecule has 0 aromatic heterocycles. The maximum atomic E-state index is 12.4. The highest BCUT2D eigenvalue weighted by molar-refractivity contribution is 7.89. The SMILES string of the molecule is CC(C)C(N)CCN(C)S(=O)(=O)c1ccccc1C#N. The lowest BCUT2D eigenvalue weighted by Gasteiger charge is -2.21. The first kappa shape index (κ1) is 16.6. The summed E-state index contributed by atoms with van der Waals surface area (Å²) in [7, 11) is -2.14. The molecule has 0 heterocycles. The van der Waals surface area contributed by atoms with Crippen LogP contribution in [0.25, 0.3) is 0 Å². The molecule has 0 aliphatic heterocycles. The smallest absolute Gasteiger partial charge is 0.244 e. The molecule has 0 fully saturated rings. The van der Waals surface area contributed by atoms with Crippen LogP contribution in [0.3, 0.4) is 0 Å². The third-order valence-corrected chi connectivity index (χ3v) is 5.24. The standard InChI is InChI=1S/C14H21N3O2S/c1-11(2)13(16)8-9-17(3)20(18,19)14-7-5-4-6-12(14)10-15/h4-7,11,13H,8-9,16H2,1-3H3. The van der Waals surface area contributed by atoms with E-state index in [1.165, 1.54) is 23.5 Å². The summed E-state index contributed by atoms with van der Waals surface area (Å²) >= 11 is 0. The van der Waals surface area contributed by atoms with Gasteiger partial charge >= 0.3 is 0 Å². The molecular weight excluding hydrogens is 274 g/mol. The van der Waals surface area contributed by atoms with Gasteiger partial charge < -0.3 is 5.73 Å². The lowest BCUT2D eigenvalue weighted by Crippen LogP contribution is -2.34. The molecule has 0 spiro atoms. The monoisotopic (exact) mass is 295 g/mol. The van der Waals surface area contributed by atoms with Crippen molar-refractivity contribution in [2.45, 2.75) is 31.2 Å². The number of hydrogen-bond acceptors (Lipinski definition) is 4. The average Bonchev–Trinajstić information content (AvgIpc) is 2.43. The van der Waals surface area contributed by atoms with Crippen molar-refractivity contribution >= 4 is 10.0 Å². The fraction of sp³-hybridized carbons (Fsp3) is 0.500. The van der Waals surface area contributed by atoms with Gasteiger partial charge in [0, 0.05) is 19.6 Å². The van der Waals surface area contributed by atoms with Crippen LogP contribution < -0.4 is 5.73 Å². The molecule has 5 nitrogen and oxygen atoms in total. The van der Waals surface area contributed by atoms with E-state index in [1.807, 2.05) is 19.9 Å². The molecule has 0 saturated carbocycles. The van der Waals surface area contributed by atoms with Gasteiger partial charge in [-0.15, -0.1) is 0 Å². The van der Waals surface area contributed by atoms with E-state index in [1.54, 1.807) is 12.1 Å². The Labute approximate surface area is 121 Å². The van der Waals surface area contributed by atoms with Crippen LogP contribution in [0.5, 0.6) is 0 Å². The number of nitrogens with zero attached hydrogens (tertiary/aromatic N) is 2. The fourth-order valence-corrected chi connectivity index (χ4v) is 3.06. The predicted molar refractivity (Wildman–Crippen MR) is 78.4 cm³/mol. The first-order valence-electron chi connectivity index (χ1n) is 6.51. The quantitative estimate of drug-likeness (QED) is 0.862. The van der Waals surface area contributed by atoms with Crippen molar-refractivity contribution in [3.8, 4) is 6.07 Å². The van der Waals surface area contributed by atoms with Crippen LogP contribution in [0.1, 0.15) is 25.8 Å². The van der Waals surface area contributed by atoms with Crippen molar-refractivity contribution in [1.82, 2.24) is 4.31 Å². The lowest BCUT2D eigenvalue weighted by atomic mass is 10.0. The van der Waals surface area contributed by atoms with Crippen molar-refractivity contribution in [2.24, 2.45) is 11.7 Å². The van der Waals surface area contributed by atoms with E-state index in [-0.39, 0.29) is 16.5 Å². The maximum absolute atomic E-state index is 12.4. The fourth-order valence-electron chi connectivity index (χ4n) is 1.74. The van der Waals surface area contributed by atoms with Crippen molar-refractivity contribution in [3.63, 3.8) is 0 Å². The van der Waals surface area contributed by atoms with Gasteiger partial charge in [0.25, 0.3) is 0 Å². The Morgan fingerprint density at radius 1 is 1.35 bits per heavy atom. The summed E-state index contributed by atoms with van der Waals surface area (Å²) in [6, 6.07) is 8.08. The van der Waals surface area contributed by atoms with Crippen molar-refractivity contribution in [3.05, 3.63) is 29.8 Å². The predicted octanol–water partition coefficient (Wildman–Crippen LogP) is 1.55. The van der Waals surface area contributed by atoms with Gasteiger partial charge in [0.2, 0.25) is 10.0 Å². The summed E-state index contributed by atoms with van der Waals surface area (Å²) in [5.74, 6) is 0.303. The zero-order valence-corrected chi connectivity index (χ0v) is 12.9. The minimum absolute atomic E-state index is 0.0427. The summed E-state index contributed by atoms with van der Waals surface area (Å²) < 4.78 is 26.1. The molecule has 6 heteroatoms. The van der Waals surface area contributed by atoms with Crippen LogP contribution in [0, 0.1) is 17.2 Å². The molecule has 2 N–H and O–H groups in total. The Bertz CT molecular complexity index is 591. The zero-order valence-electron chi connectivity index (χ0n) is 12.1. The second-order valence-corrected chi connectivity index (χ2v) is 7.14. The maximum Gasteiger partial charge on any atom is 0.244 e. The van der Waals surface area contributed by atoms with Gasteiger partial charge in [-0.3, -0.25) is 0 Å². The summed E-state index contributed by atoms with van der Waals surface area (Å²) in [5, 5.41) is 9.00. The molecule has 110 valence electrons. The molecule has 0 aliphatic rings. The number of rotatable bonds is 6. The molecule has 0 radical (unpaired) electrons. The Morgan fingerprint density at radius 3 is 2.50 bits per heavy atom. The minimum Gasteiger partial charge on any atom is -0.327 e. The van der Waals surface area contributed by atoms with Crippen LogP contribution in [-0.2, 0) is 10.0 Å². The number of nitrogens with two attached hydrogens (primary N) is 1. The van der Waals surface area contributed by atoms with Crippen LogP contribution in [0.4, 0.5) is 0 Å². The molecule has 1 atom stereocenters. The molecule has 0 bridgehead atoms. The second-order valence-electron chi connectivity index (χ2n) is 5.13. The van der Waals surface area contributed by atoms with E-state index in [2.05, 4.69) is 0 Å². The van der Waals surface area contributed by atoms with Gasteiger partial charge in [-0.05, 0) is 24.5 Å². The Hall–Kier alpha value is -1.42. The molecule has 0 saturated heterocycles. The van der Waals surface area contributed by atoms with Gasteiger partial charge in [-0.2, -0.15) is 5.26 Å². The number of benzene rings is 1. The zero-order chi connectivity index (χ0) is 15.3. The van der Waals surface area contributed by atoms with Crippen molar-refractivity contribution in [1.29, 1.82) is 5.26 Å². The molecule has 20 heavy (non-hydrogen) atoms. The number of sulfonamides is 1. The summed E-state index contributed by atoms with van der Waals surface area (Å²) in [5.41, 5.74) is 6.09. The van der Waals surface area contributed by atoms with E-state index in [9.17, 15) is 8.42 Å². The molecule has 0 amide bonds. The summed E-state index contributed by atoms with van der Waals surface area (Å²) in [6.45, 7) is 4.34. The van der Waals surface area contributed by atoms with Crippen molar-refractivity contribution in [2.75, 3.05) is 13.6 Å². The number of hydrogen-bond donors (Lipinski definition) is 1. The van der Waals surface area contributed by atoms with Gasteiger partial charge in [0.15, 0.2) is 0 Å². The van der Waals surface area contributed by atoms with Gasteiger partial charge in [0.1, 0.15) is 6.07 Å². The van der Waals surface area contributed by atoms with E-state index in [0.29, 0.717) is 18.9 Å². The highest BCUT2D eigenvalue weighted by Gasteiger charge is 2.24. The topological polar surface area (TPSA) is 87.2 Å². The molecule has 1 aromatic carbocycles. The normalized spacial score (nSPS) is 13.4. The third kappa shape index (κ3) is 3.79. The minimum atomic E-state index is -3.65. The summed E-state index contributed by atoms with van der Waals surface area (Å²) in [6.07, 6.45) is 0.585. The van der Waals surface area contributed by atoms with E-state index in [4.69, 9.17) is 11.0 Å². The molecule has 1 aromatic rings. The third-order valence-electron chi connectivity index (χ3n) is 3.33. The van der Waals surface area contributed by atoms with Gasteiger partial charge in [-0.1, -0.05) is 26.0 Å². The largest absolute Gasteiger partial charge is 0.327 e. The van der Waals surface area contributed by atoms with Gasteiger partial charge in [0.05, 0.1) is 10.5 Å².